The van der Waals surface area contributed by atoms with E-state index in [1.807, 2.05) is 32.0 Å². The van der Waals surface area contributed by atoms with Gasteiger partial charge in [-0.2, -0.15) is 0 Å². The van der Waals surface area contributed by atoms with Gasteiger partial charge in [-0.15, -0.1) is 0 Å². The zero-order chi connectivity index (χ0) is 17.1. The molecule has 6 heteroatoms. The fourth-order valence-electron chi connectivity index (χ4n) is 2.31. The summed E-state index contributed by atoms with van der Waals surface area (Å²) in [4.78, 5) is 13.2. The molecule has 122 valence electrons. The van der Waals surface area contributed by atoms with Gasteiger partial charge in [-0.05, 0) is 43.7 Å². The Morgan fingerprint density at radius 2 is 1.75 bits per heavy atom. The van der Waals surface area contributed by atoms with Crippen LogP contribution in [-0.4, -0.2) is 15.0 Å². The molecule has 0 aliphatic carbocycles. The predicted molar refractivity (Wildman–Crippen MR) is 88.4 cm³/mol. The van der Waals surface area contributed by atoms with E-state index in [0.29, 0.717) is 22.9 Å². The SMILES string of the molecule is Cc1nc(-c2ccccn2)nc(NCc2cc(F)cc(F)c2)c1C. The lowest BCUT2D eigenvalue weighted by molar-refractivity contribution is 0.580. The largest absolute Gasteiger partial charge is 0.366 e. The number of anilines is 1. The third-order valence-electron chi connectivity index (χ3n) is 3.67. The first kappa shape index (κ1) is 16.0. The van der Waals surface area contributed by atoms with Crippen molar-refractivity contribution in [2.45, 2.75) is 20.4 Å². The van der Waals surface area contributed by atoms with Crippen LogP contribution in [0.1, 0.15) is 16.8 Å². The smallest absolute Gasteiger partial charge is 0.180 e. The summed E-state index contributed by atoms with van der Waals surface area (Å²) in [7, 11) is 0. The highest BCUT2D eigenvalue weighted by Crippen LogP contribution is 2.21. The number of hydrogen-bond acceptors (Lipinski definition) is 4. The second kappa shape index (κ2) is 6.70. The molecule has 2 aromatic heterocycles. The van der Waals surface area contributed by atoms with Crippen LogP contribution in [0.2, 0.25) is 0 Å². The molecule has 0 amide bonds. The second-order valence-electron chi connectivity index (χ2n) is 5.45. The molecular formula is C18H16F2N4. The number of aromatic nitrogens is 3. The number of nitrogens with one attached hydrogen (secondary N) is 1. The molecule has 0 atom stereocenters. The molecule has 0 saturated carbocycles. The maximum Gasteiger partial charge on any atom is 0.180 e. The number of halogens is 2. The number of benzene rings is 1. The molecule has 24 heavy (non-hydrogen) atoms. The van der Waals surface area contributed by atoms with Crippen LogP contribution in [0.15, 0.2) is 42.6 Å². The zero-order valence-electron chi connectivity index (χ0n) is 13.3. The minimum atomic E-state index is -0.600. The van der Waals surface area contributed by atoms with Crippen LogP contribution in [0.25, 0.3) is 11.5 Å². The molecule has 4 nitrogen and oxygen atoms in total. The van der Waals surface area contributed by atoms with Crippen molar-refractivity contribution >= 4 is 5.82 Å². The zero-order valence-corrected chi connectivity index (χ0v) is 13.3. The standard InChI is InChI=1S/C18H16F2N4/c1-11-12(2)23-18(16-5-3-4-6-21-16)24-17(11)22-10-13-7-14(19)9-15(20)8-13/h3-9H,10H2,1-2H3,(H,22,23,24). The van der Waals surface area contributed by atoms with Crippen molar-refractivity contribution in [2.75, 3.05) is 5.32 Å². The number of aryl methyl sites for hydroxylation is 1. The third kappa shape index (κ3) is 3.53. The van der Waals surface area contributed by atoms with E-state index in [0.717, 1.165) is 17.3 Å². The second-order valence-corrected chi connectivity index (χ2v) is 5.45. The molecule has 0 unspecified atom stereocenters. The number of hydrogen-bond donors (Lipinski definition) is 1. The van der Waals surface area contributed by atoms with E-state index in [1.54, 1.807) is 6.20 Å². The summed E-state index contributed by atoms with van der Waals surface area (Å²) < 4.78 is 26.6. The van der Waals surface area contributed by atoms with E-state index in [1.165, 1.54) is 12.1 Å². The van der Waals surface area contributed by atoms with Gasteiger partial charge >= 0.3 is 0 Å². The Hall–Kier alpha value is -2.89. The molecule has 3 aromatic rings. The highest BCUT2D eigenvalue weighted by molar-refractivity contribution is 5.56. The molecule has 0 radical (unpaired) electrons. The van der Waals surface area contributed by atoms with Crippen molar-refractivity contribution in [2.24, 2.45) is 0 Å². The Morgan fingerprint density at radius 1 is 1.00 bits per heavy atom. The van der Waals surface area contributed by atoms with E-state index >= 15 is 0 Å². The van der Waals surface area contributed by atoms with Crippen LogP contribution in [-0.2, 0) is 6.54 Å². The van der Waals surface area contributed by atoms with Gasteiger partial charge in [0.2, 0.25) is 0 Å². The molecule has 1 aromatic carbocycles. The van der Waals surface area contributed by atoms with Crippen LogP contribution in [0, 0.1) is 25.5 Å². The fraction of sp³-hybridized carbons (Fsp3) is 0.167. The molecule has 0 spiro atoms. The maximum absolute atomic E-state index is 13.3. The van der Waals surface area contributed by atoms with Crippen LogP contribution in [0.5, 0.6) is 0 Å². The van der Waals surface area contributed by atoms with Gasteiger partial charge < -0.3 is 5.32 Å². The van der Waals surface area contributed by atoms with Gasteiger partial charge in [0.15, 0.2) is 5.82 Å². The lowest BCUT2D eigenvalue weighted by atomic mass is 10.2. The fourth-order valence-corrected chi connectivity index (χ4v) is 2.31. The van der Waals surface area contributed by atoms with Crippen LogP contribution in [0.4, 0.5) is 14.6 Å². The van der Waals surface area contributed by atoms with Crippen molar-refractivity contribution in [3.05, 3.63) is 71.1 Å². The summed E-state index contributed by atoms with van der Waals surface area (Å²) in [6.45, 7) is 4.04. The van der Waals surface area contributed by atoms with Gasteiger partial charge in [-0.1, -0.05) is 6.07 Å². The normalized spacial score (nSPS) is 10.7. The Labute approximate surface area is 138 Å². The van der Waals surface area contributed by atoms with Crippen molar-refractivity contribution in [3.8, 4) is 11.5 Å². The predicted octanol–water partition coefficient (Wildman–Crippen LogP) is 4.05. The average Bonchev–Trinajstić information content (AvgIpc) is 2.56. The molecule has 0 saturated heterocycles. The quantitative estimate of drug-likeness (QED) is 0.786. The molecule has 2 heterocycles. The van der Waals surface area contributed by atoms with Crippen LogP contribution >= 0.6 is 0 Å². The molecular weight excluding hydrogens is 310 g/mol. The van der Waals surface area contributed by atoms with E-state index in [2.05, 4.69) is 20.3 Å². The van der Waals surface area contributed by atoms with Crippen molar-refractivity contribution in [3.63, 3.8) is 0 Å². The highest BCUT2D eigenvalue weighted by atomic mass is 19.1. The number of nitrogens with zero attached hydrogens (tertiary/aromatic N) is 3. The van der Waals surface area contributed by atoms with Gasteiger partial charge in [-0.25, -0.2) is 18.7 Å². The van der Waals surface area contributed by atoms with Gasteiger partial charge in [0, 0.05) is 30.1 Å². The first-order valence-electron chi connectivity index (χ1n) is 7.48. The van der Waals surface area contributed by atoms with Crippen molar-refractivity contribution < 1.29 is 8.78 Å². The Kier molecular flexibility index (Phi) is 4.46. The summed E-state index contributed by atoms with van der Waals surface area (Å²) in [5, 5.41) is 3.12. The van der Waals surface area contributed by atoms with Crippen molar-refractivity contribution in [1.29, 1.82) is 0 Å². The monoisotopic (exact) mass is 326 g/mol. The lowest BCUT2D eigenvalue weighted by Gasteiger charge is -2.12. The van der Waals surface area contributed by atoms with E-state index in [-0.39, 0.29) is 6.54 Å². The lowest BCUT2D eigenvalue weighted by Crippen LogP contribution is -2.07. The molecule has 0 fully saturated rings. The summed E-state index contributed by atoms with van der Waals surface area (Å²) in [6.07, 6.45) is 1.68. The van der Waals surface area contributed by atoms with E-state index < -0.39 is 11.6 Å². The topological polar surface area (TPSA) is 50.7 Å². The minimum Gasteiger partial charge on any atom is -0.366 e. The highest BCUT2D eigenvalue weighted by Gasteiger charge is 2.10. The van der Waals surface area contributed by atoms with E-state index in [9.17, 15) is 8.78 Å². The summed E-state index contributed by atoms with van der Waals surface area (Å²) in [6, 6.07) is 8.95. The summed E-state index contributed by atoms with van der Waals surface area (Å²) in [5.74, 6) is -0.0763. The summed E-state index contributed by atoms with van der Waals surface area (Å²) in [5.41, 5.74) is 2.87. The van der Waals surface area contributed by atoms with Gasteiger partial charge in [0.05, 0.1) is 0 Å². The Bertz CT molecular complexity index is 846. The average molecular weight is 326 g/mol. The molecule has 0 aliphatic rings. The first-order chi connectivity index (χ1) is 11.5. The third-order valence-corrected chi connectivity index (χ3v) is 3.67. The van der Waals surface area contributed by atoms with Crippen LogP contribution < -0.4 is 5.32 Å². The Morgan fingerprint density at radius 3 is 2.42 bits per heavy atom. The van der Waals surface area contributed by atoms with Gasteiger partial charge in [0.1, 0.15) is 23.1 Å². The van der Waals surface area contributed by atoms with Gasteiger partial charge in [0.25, 0.3) is 0 Å². The molecule has 3 rings (SSSR count). The maximum atomic E-state index is 13.3. The minimum absolute atomic E-state index is 0.258. The molecule has 1 N–H and O–H groups in total. The molecule has 0 aliphatic heterocycles. The molecule has 0 bridgehead atoms. The Balaban J connectivity index is 1.88. The first-order valence-corrected chi connectivity index (χ1v) is 7.48. The van der Waals surface area contributed by atoms with Crippen LogP contribution in [0.3, 0.4) is 0 Å². The number of pyridine rings is 1. The van der Waals surface area contributed by atoms with Gasteiger partial charge in [-0.3, -0.25) is 4.98 Å². The van der Waals surface area contributed by atoms with Crippen molar-refractivity contribution in [1.82, 2.24) is 15.0 Å². The summed E-state index contributed by atoms with van der Waals surface area (Å²) >= 11 is 0. The number of rotatable bonds is 4. The van der Waals surface area contributed by atoms with E-state index in [4.69, 9.17) is 0 Å².